The third-order valence-electron chi connectivity index (χ3n) is 3.76. The van der Waals surface area contributed by atoms with Crippen LogP contribution in [0, 0.1) is 6.92 Å². The fourth-order valence-corrected chi connectivity index (χ4v) is 2.79. The van der Waals surface area contributed by atoms with E-state index in [2.05, 4.69) is 31.1 Å². The SMILES string of the molecule is Cc1cc2c(N=NC(=O)CCc3ccccc3)c(O)[nH]c2cc1Br. The first-order valence-electron chi connectivity index (χ1n) is 7.54. The summed E-state index contributed by atoms with van der Waals surface area (Å²) in [4.78, 5) is 14.8. The monoisotopic (exact) mass is 385 g/mol. The summed E-state index contributed by atoms with van der Waals surface area (Å²) < 4.78 is 0.929. The molecule has 0 aliphatic carbocycles. The number of benzene rings is 2. The molecule has 0 unspecified atom stereocenters. The minimum atomic E-state index is -0.318. The van der Waals surface area contributed by atoms with Crippen molar-refractivity contribution in [3.63, 3.8) is 0 Å². The van der Waals surface area contributed by atoms with E-state index in [1.807, 2.05) is 49.4 Å². The van der Waals surface area contributed by atoms with Crippen LogP contribution in [-0.4, -0.2) is 16.0 Å². The van der Waals surface area contributed by atoms with E-state index in [-0.39, 0.29) is 23.9 Å². The Balaban J connectivity index is 1.76. The van der Waals surface area contributed by atoms with Gasteiger partial charge in [-0.05, 0) is 36.6 Å². The summed E-state index contributed by atoms with van der Waals surface area (Å²) >= 11 is 3.45. The summed E-state index contributed by atoms with van der Waals surface area (Å²) in [6, 6.07) is 13.5. The highest BCUT2D eigenvalue weighted by Gasteiger charge is 2.12. The van der Waals surface area contributed by atoms with E-state index < -0.39 is 0 Å². The predicted octanol–water partition coefficient (Wildman–Crippen LogP) is 5.19. The maximum Gasteiger partial charge on any atom is 0.265 e. The Morgan fingerprint density at radius 2 is 2.00 bits per heavy atom. The lowest BCUT2D eigenvalue weighted by Crippen LogP contribution is -1.95. The molecule has 0 radical (unpaired) electrons. The first-order valence-corrected chi connectivity index (χ1v) is 8.33. The Morgan fingerprint density at radius 1 is 1.25 bits per heavy atom. The highest BCUT2D eigenvalue weighted by atomic mass is 79.9. The van der Waals surface area contributed by atoms with E-state index in [0.717, 1.165) is 26.5 Å². The van der Waals surface area contributed by atoms with Gasteiger partial charge in [0.05, 0.1) is 5.52 Å². The molecular weight excluding hydrogens is 370 g/mol. The van der Waals surface area contributed by atoms with Crippen LogP contribution in [0.4, 0.5) is 5.69 Å². The zero-order chi connectivity index (χ0) is 17.1. The zero-order valence-electron chi connectivity index (χ0n) is 13.1. The molecule has 1 heterocycles. The number of halogens is 1. The van der Waals surface area contributed by atoms with Crippen molar-refractivity contribution in [1.29, 1.82) is 0 Å². The van der Waals surface area contributed by atoms with Gasteiger partial charge in [0.15, 0.2) is 5.69 Å². The van der Waals surface area contributed by atoms with Crippen LogP contribution >= 0.6 is 15.9 Å². The number of hydrogen-bond donors (Lipinski definition) is 2. The van der Waals surface area contributed by atoms with Gasteiger partial charge < -0.3 is 10.1 Å². The van der Waals surface area contributed by atoms with Crippen LogP contribution in [0.25, 0.3) is 10.9 Å². The van der Waals surface area contributed by atoms with E-state index in [1.165, 1.54) is 0 Å². The third-order valence-corrected chi connectivity index (χ3v) is 4.62. The van der Waals surface area contributed by atoms with E-state index in [1.54, 1.807) is 0 Å². The molecule has 3 rings (SSSR count). The van der Waals surface area contributed by atoms with Gasteiger partial charge in [0, 0.05) is 16.3 Å². The summed E-state index contributed by atoms with van der Waals surface area (Å²) in [5.74, 6) is -0.413. The maximum absolute atomic E-state index is 11.9. The van der Waals surface area contributed by atoms with Crippen molar-refractivity contribution in [2.24, 2.45) is 10.2 Å². The molecular formula is C18H16BrN3O2. The van der Waals surface area contributed by atoms with Gasteiger partial charge in [-0.15, -0.1) is 10.2 Å². The lowest BCUT2D eigenvalue weighted by molar-refractivity contribution is -0.118. The number of aryl methyl sites for hydroxylation is 2. The average molecular weight is 386 g/mol. The highest BCUT2D eigenvalue weighted by Crippen LogP contribution is 2.37. The number of H-pyrrole nitrogens is 1. The second-order valence-corrected chi connectivity index (χ2v) is 6.40. The molecule has 1 amide bonds. The van der Waals surface area contributed by atoms with Crippen molar-refractivity contribution in [3.8, 4) is 5.88 Å². The summed E-state index contributed by atoms with van der Waals surface area (Å²) in [5, 5.41) is 18.4. The van der Waals surface area contributed by atoms with Crippen LogP contribution in [0.15, 0.2) is 57.2 Å². The largest absolute Gasteiger partial charge is 0.493 e. The Hall–Kier alpha value is -2.47. The van der Waals surface area contributed by atoms with E-state index >= 15 is 0 Å². The minimum Gasteiger partial charge on any atom is -0.493 e. The fraction of sp³-hybridized carbons (Fsp3) is 0.167. The van der Waals surface area contributed by atoms with Crippen LogP contribution in [0.3, 0.4) is 0 Å². The number of hydrogen-bond acceptors (Lipinski definition) is 3. The molecule has 0 atom stereocenters. The van der Waals surface area contributed by atoms with Gasteiger partial charge in [0.2, 0.25) is 5.88 Å². The number of aromatic nitrogens is 1. The average Bonchev–Trinajstić information content (AvgIpc) is 2.87. The molecule has 0 aliphatic rings. The topological polar surface area (TPSA) is 77.8 Å². The van der Waals surface area contributed by atoms with Crippen molar-refractivity contribution in [2.45, 2.75) is 19.8 Å². The molecule has 2 N–H and O–H groups in total. The Kier molecular flexibility index (Phi) is 4.76. The number of nitrogens with one attached hydrogen (secondary N) is 1. The molecule has 122 valence electrons. The van der Waals surface area contributed by atoms with Crippen LogP contribution in [0.2, 0.25) is 0 Å². The summed E-state index contributed by atoms with van der Waals surface area (Å²) in [6.45, 7) is 1.94. The lowest BCUT2D eigenvalue weighted by Gasteiger charge is -1.98. The number of carbonyl (C=O) groups excluding carboxylic acids is 1. The first kappa shape index (κ1) is 16.4. The number of aromatic hydroxyl groups is 1. The number of azo groups is 1. The standard InChI is InChI=1S/C18H16BrN3O2/c1-11-9-13-15(10-14(11)19)20-18(24)17(13)22-21-16(23)8-7-12-5-3-2-4-6-12/h2-6,9-10,20,24H,7-8H2,1H3. The van der Waals surface area contributed by atoms with Crippen LogP contribution in [-0.2, 0) is 11.2 Å². The van der Waals surface area contributed by atoms with Gasteiger partial charge in [-0.1, -0.05) is 46.3 Å². The van der Waals surface area contributed by atoms with Crippen LogP contribution in [0.5, 0.6) is 5.88 Å². The van der Waals surface area contributed by atoms with Crippen molar-refractivity contribution in [2.75, 3.05) is 0 Å². The molecule has 0 saturated heterocycles. The number of carbonyl (C=O) groups is 1. The minimum absolute atomic E-state index is 0.0953. The number of aromatic amines is 1. The molecule has 0 spiro atoms. The highest BCUT2D eigenvalue weighted by molar-refractivity contribution is 9.10. The Bertz CT molecular complexity index is 917. The van der Waals surface area contributed by atoms with Crippen LogP contribution in [0.1, 0.15) is 17.5 Å². The molecule has 3 aromatic rings. The third kappa shape index (κ3) is 3.54. The van der Waals surface area contributed by atoms with Gasteiger partial charge >= 0.3 is 0 Å². The molecule has 0 aliphatic heterocycles. The van der Waals surface area contributed by atoms with E-state index in [9.17, 15) is 9.90 Å². The number of nitrogens with zero attached hydrogens (tertiary/aromatic N) is 2. The maximum atomic E-state index is 11.9. The second-order valence-electron chi connectivity index (χ2n) is 5.55. The molecule has 0 bridgehead atoms. The predicted molar refractivity (Wildman–Crippen MR) is 96.7 cm³/mol. The molecule has 2 aromatic carbocycles. The van der Waals surface area contributed by atoms with Gasteiger partial charge in [-0.25, -0.2) is 0 Å². The van der Waals surface area contributed by atoms with Crippen molar-refractivity contribution in [3.05, 3.63) is 58.1 Å². The fourth-order valence-electron chi connectivity index (χ4n) is 2.45. The summed E-state index contributed by atoms with van der Waals surface area (Å²) in [6.07, 6.45) is 0.895. The number of rotatable bonds is 4. The quantitative estimate of drug-likeness (QED) is 0.606. The Labute approximate surface area is 147 Å². The van der Waals surface area contributed by atoms with Gasteiger partial charge in [-0.3, -0.25) is 4.79 Å². The summed E-state index contributed by atoms with van der Waals surface area (Å²) in [5.41, 5.74) is 3.11. The number of fused-ring (bicyclic) bond motifs is 1. The zero-order valence-corrected chi connectivity index (χ0v) is 14.7. The van der Waals surface area contributed by atoms with E-state index in [4.69, 9.17) is 0 Å². The molecule has 0 saturated carbocycles. The van der Waals surface area contributed by atoms with Crippen LogP contribution < -0.4 is 0 Å². The molecule has 0 fully saturated rings. The molecule has 5 nitrogen and oxygen atoms in total. The lowest BCUT2D eigenvalue weighted by atomic mass is 10.1. The molecule has 6 heteroatoms. The van der Waals surface area contributed by atoms with E-state index in [0.29, 0.717) is 6.42 Å². The first-order chi connectivity index (χ1) is 11.5. The second kappa shape index (κ2) is 6.97. The van der Waals surface area contributed by atoms with Crippen molar-refractivity contribution >= 4 is 38.4 Å². The van der Waals surface area contributed by atoms with Gasteiger partial charge in [0.25, 0.3) is 5.91 Å². The molecule has 24 heavy (non-hydrogen) atoms. The normalized spacial score (nSPS) is 11.4. The molecule has 1 aromatic heterocycles. The van der Waals surface area contributed by atoms with Crippen molar-refractivity contribution in [1.82, 2.24) is 4.98 Å². The number of amides is 1. The van der Waals surface area contributed by atoms with Gasteiger partial charge in [-0.2, -0.15) is 0 Å². The van der Waals surface area contributed by atoms with Crippen molar-refractivity contribution < 1.29 is 9.90 Å². The van der Waals surface area contributed by atoms with Gasteiger partial charge in [0.1, 0.15) is 0 Å². The Morgan fingerprint density at radius 3 is 2.75 bits per heavy atom. The smallest absolute Gasteiger partial charge is 0.265 e. The summed E-state index contributed by atoms with van der Waals surface area (Å²) in [7, 11) is 0.